The quantitative estimate of drug-likeness (QED) is 0.512. The smallest absolute Gasteiger partial charge is 0.310 e. The van der Waals surface area contributed by atoms with Gasteiger partial charge in [-0.25, -0.2) is 0 Å². The maximum Gasteiger partial charge on any atom is 0.310 e. The van der Waals surface area contributed by atoms with Crippen molar-refractivity contribution in [3.05, 3.63) is 95.6 Å². The van der Waals surface area contributed by atoms with Gasteiger partial charge in [-0.15, -0.1) is 0 Å². The van der Waals surface area contributed by atoms with E-state index in [9.17, 15) is 9.90 Å². The van der Waals surface area contributed by atoms with Gasteiger partial charge in [-0.2, -0.15) is 0 Å². The first-order chi connectivity index (χ1) is 12.6. The molecule has 4 rings (SSSR count). The van der Waals surface area contributed by atoms with E-state index < -0.39 is 11.9 Å². The fraction of sp³-hybridized carbons (Fsp3) is 0.125. The molecule has 0 aliphatic carbocycles. The van der Waals surface area contributed by atoms with Crippen LogP contribution in [0.2, 0.25) is 0 Å². The molecule has 2 heteroatoms. The molecule has 0 fully saturated rings. The van der Waals surface area contributed by atoms with Crippen molar-refractivity contribution in [2.75, 3.05) is 0 Å². The highest BCUT2D eigenvalue weighted by Crippen LogP contribution is 2.32. The number of hydrogen-bond acceptors (Lipinski definition) is 1. The normalized spacial score (nSPS) is 12.3. The summed E-state index contributed by atoms with van der Waals surface area (Å²) in [4.78, 5) is 11.8. The third-order valence-corrected chi connectivity index (χ3v) is 5.13. The molecule has 1 atom stereocenters. The van der Waals surface area contributed by atoms with E-state index in [-0.39, 0.29) is 0 Å². The van der Waals surface area contributed by atoms with Gasteiger partial charge in [0.2, 0.25) is 0 Å². The zero-order chi connectivity index (χ0) is 18.1. The fourth-order valence-corrected chi connectivity index (χ4v) is 3.78. The summed E-state index contributed by atoms with van der Waals surface area (Å²) in [6.07, 6.45) is 0.721. The van der Waals surface area contributed by atoms with Crippen LogP contribution in [0.1, 0.15) is 29.5 Å². The van der Waals surface area contributed by atoms with E-state index in [0.29, 0.717) is 0 Å². The topological polar surface area (TPSA) is 37.3 Å². The average molecular weight is 340 g/mol. The van der Waals surface area contributed by atoms with Crippen molar-refractivity contribution >= 4 is 27.5 Å². The van der Waals surface area contributed by atoms with Crippen LogP contribution in [-0.4, -0.2) is 11.1 Å². The standard InChI is InChI=1S/C24H20O2/c1-16(24(25)26)23-20(14-13-18-8-3-5-12-22(18)23)15-19-10-6-9-17-7-2-4-11-21(17)19/h2-14,16H,15H2,1H3,(H,25,26). The van der Waals surface area contributed by atoms with Gasteiger partial charge < -0.3 is 5.11 Å². The van der Waals surface area contributed by atoms with Gasteiger partial charge in [-0.05, 0) is 51.6 Å². The number of carbonyl (C=O) groups is 1. The van der Waals surface area contributed by atoms with Gasteiger partial charge in [-0.3, -0.25) is 4.79 Å². The minimum atomic E-state index is -0.791. The van der Waals surface area contributed by atoms with E-state index in [4.69, 9.17) is 0 Å². The van der Waals surface area contributed by atoms with Gasteiger partial charge in [0.05, 0.1) is 5.92 Å². The predicted molar refractivity (Wildman–Crippen MR) is 107 cm³/mol. The lowest BCUT2D eigenvalue weighted by atomic mass is 9.86. The Morgan fingerprint density at radius 1 is 0.769 bits per heavy atom. The molecule has 26 heavy (non-hydrogen) atoms. The summed E-state index contributed by atoms with van der Waals surface area (Å²) in [5, 5.41) is 14.2. The number of fused-ring (bicyclic) bond motifs is 2. The highest BCUT2D eigenvalue weighted by atomic mass is 16.4. The minimum absolute atomic E-state index is 0.550. The summed E-state index contributed by atoms with van der Waals surface area (Å²) in [5.74, 6) is -1.34. The van der Waals surface area contributed by atoms with E-state index in [1.807, 2.05) is 36.4 Å². The Morgan fingerprint density at radius 3 is 2.12 bits per heavy atom. The van der Waals surface area contributed by atoms with Crippen LogP contribution in [0.5, 0.6) is 0 Å². The second-order valence-corrected chi connectivity index (χ2v) is 6.73. The van der Waals surface area contributed by atoms with Crippen LogP contribution in [0.15, 0.2) is 78.9 Å². The Kier molecular flexibility index (Phi) is 4.18. The molecule has 0 amide bonds. The summed E-state index contributed by atoms with van der Waals surface area (Å²) in [6, 6.07) is 26.8. The first-order valence-corrected chi connectivity index (χ1v) is 8.85. The second-order valence-electron chi connectivity index (χ2n) is 6.73. The van der Waals surface area contributed by atoms with E-state index in [0.717, 1.165) is 28.3 Å². The lowest BCUT2D eigenvalue weighted by molar-refractivity contribution is -0.138. The molecule has 0 radical (unpaired) electrons. The average Bonchev–Trinajstić information content (AvgIpc) is 2.67. The zero-order valence-electron chi connectivity index (χ0n) is 14.6. The molecule has 0 bridgehead atoms. The Bertz CT molecular complexity index is 1110. The highest BCUT2D eigenvalue weighted by molar-refractivity contribution is 5.92. The maximum absolute atomic E-state index is 11.8. The van der Waals surface area contributed by atoms with Crippen molar-refractivity contribution < 1.29 is 9.90 Å². The molecule has 0 saturated carbocycles. The molecule has 2 nitrogen and oxygen atoms in total. The van der Waals surface area contributed by atoms with Crippen molar-refractivity contribution in [3.63, 3.8) is 0 Å². The van der Waals surface area contributed by atoms with Crippen molar-refractivity contribution in [3.8, 4) is 0 Å². The first kappa shape index (κ1) is 16.3. The third kappa shape index (κ3) is 2.84. The van der Waals surface area contributed by atoms with E-state index >= 15 is 0 Å². The second kappa shape index (κ2) is 6.64. The Morgan fingerprint density at radius 2 is 1.38 bits per heavy atom. The van der Waals surface area contributed by atoms with Crippen LogP contribution < -0.4 is 0 Å². The van der Waals surface area contributed by atoms with E-state index in [1.165, 1.54) is 16.3 Å². The van der Waals surface area contributed by atoms with Crippen LogP contribution in [0.25, 0.3) is 21.5 Å². The van der Waals surface area contributed by atoms with Crippen molar-refractivity contribution in [2.24, 2.45) is 0 Å². The summed E-state index contributed by atoms with van der Waals surface area (Å²) < 4.78 is 0. The van der Waals surface area contributed by atoms with Crippen LogP contribution in [0.3, 0.4) is 0 Å². The van der Waals surface area contributed by atoms with Gasteiger partial charge in [0.25, 0.3) is 0 Å². The molecule has 0 spiro atoms. The van der Waals surface area contributed by atoms with Crippen molar-refractivity contribution in [1.82, 2.24) is 0 Å². The van der Waals surface area contributed by atoms with Crippen LogP contribution in [0.4, 0.5) is 0 Å². The molecule has 128 valence electrons. The molecule has 1 unspecified atom stereocenters. The van der Waals surface area contributed by atoms with Crippen LogP contribution >= 0.6 is 0 Å². The van der Waals surface area contributed by atoms with Gasteiger partial charge >= 0.3 is 5.97 Å². The van der Waals surface area contributed by atoms with E-state index in [1.54, 1.807) is 6.92 Å². The zero-order valence-corrected chi connectivity index (χ0v) is 14.6. The molecule has 0 aliphatic rings. The molecule has 4 aromatic rings. The van der Waals surface area contributed by atoms with Crippen molar-refractivity contribution in [2.45, 2.75) is 19.3 Å². The lowest BCUT2D eigenvalue weighted by Gasteiger charge is -2.17. The molecular weight excluding hydrogens is 320 g/mol. The first-order valence-electron chi connectivity index (χ1n) is 8.85. The van der Waals surface area contributed by atoms with Gasteiger partial charge in [0.15, 0.2) is 0 Å². The molecule has 4 aromatic carbocycles. The number of carboxylic acids is 1. The summed E-state index contributed by atoms with van der Waals surface area (Å²) in [7, 11) is 0. The summed E-state index contributed by atoms with van der Waals surface area (Å²) in [5.41, 5.74) is 3.22. The lowest BCUT2D eigenvalue weighted by Crippen LogP contribution is -2.11. The third-order valence-electron chi connectivity index (χ3n) is 5.13. The molecule has 0 aromatic heterocycles. The fourth-order valence-electron chi connectivity index (χ4n) is 3.78. The van der Waals surface area contributed by atoms with Gasteiger partial charge in [0, 0.05) is 0 Å². The van der Waals surface area contributed by atoms with Crippen LogP contribution in [0, 0.1) is 0 Å². The minimum Gasteiger partial charge on any atom is -0.481 e. The maximum atomic E-state index is 11.8. The van der Waals surface area contributed by atoms with Crippen LogP contribution in [-0.2, 0) is 11.2 Å². The Hall–Kier alpha value is -3.13. The molecule has 1 N–H and O–H groups in total. The summed E-state index contributed by atoms with van der Waals surface area (Å²) >= 11 is 0. The monoisotopic (exact) mass is 340 g/mol. The molecular formula is C24H20O2. The van der Waals surface area contributed by atoms with Crippen molar-refractivity contribution in [1.29, 1.82) is 0 Å². The molecule has 0 aliphatic heterocycles. The number of carboxylic acid groups (broad SMARTS) is 1. The highest BCUT2D eigenvalue weighted by Gasteiger charge is 2.20. The largest absolute Gasteiger partial charge is 0.481 e. The summed E-state index contributed by atoms with van der Waals surface area (Å²) in [6.45, 7) is 1.77. The Labute approximate surface area is 152 Å². The molecule has 0 saturated heterocycles. The number of hydrogen-bond donors (Lipinski definition) is 1. The molecule has 0 heterocycles. The van der Waals surface area contributed by atoms with E-state index in [2.05, 4.69) is 42.5 Å². The number of rotatable bonds is 4. The predicted octanol–water partition coefficient (Wildman–Crippen LogP) is 5.77. The SMILES string of the molecule is CC(C(=O)O)c1c(Cc2cccc3ccccc23)ccc2ccccc12. The number of benzene rings is 4. The van der Waals surface area contributed by atoms with Gasteiger partial charge in [0.1, 0.15) is 0 Å². The Balaban J connectivity index is 1.91. The van der Waals surface area contributed by atoms with Gasteiger partial charge in [-0.1, -0.05) is 78.9 Å². The number of aliphatic carboxylic acids is 1.